The topological polar surface area (TPSA) is 62.5 Å². The summed E-state index contributed by atoms with van der Waals surface area (Å²) in [7, 11) is 3.67. The van der Waals surface area contributed by atoms with Crippen molar-refractivity contribution < 1.29 is 4.79 Å². The van der Waals surface area contributed by atoms with Crippen LogP contribution in [-0.2, 0) is 0 Å². The van der Waals surface area contributed by atoms with E-state index in [9.17, 15) is 4.79 Å². The third-order valence-electron chi connectivity index (χ3n) is 3.41. The van der Waals surface area contributed by atoms with Gasteiger partial charge in [0.15, 0.2) is 0 Å². The van der Waals surface area contributed by atoms with Gasteiger partial charge in [-0.1, -0.05) is 12.1 Å². The van der Waals surface area contributed by atoms with E-state index in [0.29, 0.717) is 11.4 Å². The SMILES string of the molecule is CN1C(=O)c2ccccc2N(C)c2cc(N)ncc21. The molecule has 96 valence electrons. The van der Waals surface area contributed by atoms with Gasteiger partial charge in [0.05, 0.1) is 28.8 Å². The fourth-order valence-electron chi connectivity index (χ4n) is 2.35. The lowest BCUT2D eigenvalue weighted by molar-refractivity contribution is 0.0994. The molecule has 2 heterocycles. The molecule has 0 spiro atoms. The van der Waals surface area contributed by atoms with Gasteiger partial charge in [0.1, 0.15) is 5.82 Å². The van der Waals surface area contributed by atoms with Crippen molar-refractivity contribution >= 4 is 28.8 Å². The van der Waals surface area contributed by atoms with Gasteiger partial charge >= 0.3 is 0 Å². The average Bonchev–Trinajstić information content (AvgIpc) is 2.51. The Morgan fingerprint density at radius 1 is 1.05 bits per heavy atom. The molecule has 0 fully saturated rings. The molecular weight excluding hydrogens is 240 g/mol. The smallest absolute Gasteiger partial charge is 0.260 e. The Balaban J connectivity index is 2.31. The fourth-order valence-corrected chi connectivity index (χ4v) is 2.35. The number of nitrogens with zero attached hydrogens (tertiary/aromatic N) is 3. The highest BCUT2D eigenvalue weighted by Crippen LogP contribution is 2.39. The lowest BCUT2D eigenvalue weighted by Crippen LogP contribution is -2.25. The lowest BCUT2D eigenvalue weighted by Gasteiger charge is -2.21. The molecule has 1 aromatic carbocycles. The number of amides is 1. The van der Waals surface area contributed by atoms with Crippen LogP contribution in [0.4, 0.5) is 22.9 Å². The van der Waals surface area contributed by atoms with Gasteiger partial charge < -0.3 is 15.5 Å². The molecule has 1 aromatic heterocycles. The minimum Gasteiger partial charge on any atom is -0.384 e. The van der Waals surface area contributed by atoms with Gasteiger partial charge in [-0.3, -0.25) is 4.79 Å². The van der Waals surface area contributed by atoms with E-state index in [1.165, 1.54) is 0 Å². The molecule has 0 unspecified atom stereocenters. The maximum Gasteiger partial charge on any atom is 0.260 e. The van der Waals surface area contributed by atoms with Crippen LogP contribution in [0.2, 0.25) is 0 Å². The number of rotatable bonds is 0. The molecular formula is C14H14N4O. The second-order valence-corrected chi connectivity index (χ2v) is 4.54. The zero-order valence-corrected chi connectivity index (χ0v) is 10.8. The monoisotopic (exact) mass is 254 g/mol. The maximum absolute atomic E-state index is 12.5. The summed E-state index contributed by atoms with van der Waals surface area (Å²) in [4.78, 5) is 20.1. The van der Waals surface area contributed by atoms with Gasteiger partial charge in [-0.15, -0.1) is 0 Å². The quantitative estimate of drug-likeness (QED) is 0.781. The predicted octanol–water partition coefficient (Wildman–Crippen LogP) is 2.02. The predicted molar refractivity (Wildman–Crippen MR) is 75.9 cm³/mol. The highest BCUT2D eigenvalue weighted by molar-refractivity contribution is 6.13. The molecule has 1 aliphatic heterocycles. The summed E-state index contributed by atoms with van der Waals surface area (Å²) in [6.07, 6.45) is 1.63. The molecule has 2 aromatic rings. The molecule has 1 aliphatic rings. The van der Waals surface area contributed by atoms with Crippen molar-refractivity contribution in [1.29, 1.82) is 0 Å². The maximum atomic E-state index is 12.5. The van der Waals surface area contributed by atoms with Crippen LogP contribution in [-0.4, -0.2) is 25.0 Å². The molecule has 0 bridgehead atoms. The Hall–Kier alpha value is -2.56. The van der Waals surface area contributed by atoms with Crippen LogP contribution in [0.5, 0.6) is 0 Å². The van der Waals surface area contributed by atoms with Crippen LogP contribution >= 0.6 is 0 Å². The normalized spacial score (nSPS) is 13.9. The number of fused-ring (bicyclic) bond motifs is 2. The molecule has 0 saturated heterocycles. The highest BCUT2D eigenvalue weighted by atomic mass is 16.2. The third-order valence-corrected chi connectivity index (χ3v) is 3.41. The minimum atomic E-state index is -0.0484. The van der Waals surface area contributed by atoms with Crippen LogP contribution in [0.25, 0.3) is 0 Å². The Kier molecular flexibility index (Phi) is 2.41. The number of anilines is 4. The number of benzene rings is 1. The first kappa shape index (κ1) is 11.5. The summed E-state index contributed by atoms with van der Waals surface area (Å²) in [5, 5.41) is 0. The minimum absolute atomic E-state index is 0.0484. The van der Waals surface area contributed by atoms with E-state index in [1.54, 1.807) is 24.2 Å². The summed E-state index contributed by atoms with van der Waals surface area (Å²) in [5.74, 6) is 0.388. The van der Waals surface area contributed by atoms with Crippen molar-refractivity contribution in [3.63, 3.8) is 0 Å². The summed E-state index contributed by atoms with van der Waals surface area (Å²) in [6.45, 7) is 0. The van der Waals surface area contributed by atoms with Gasteiger partial charge in [0, 0.05) is 20.2 Å². The Bertz CT molecular complexity index is 668. The van der Waals surface area contributed by atoms with E-state index in [2.05, 4.69) is 4.98 Å². The number of pyridine rings is 1. The van der Waals surface area contributed by atoms with Crippen molar-refractivity contribution in [2.75, 3.05) is 29.6 Å². The first-order chi connectivity index (χ1) is 9.09. The molecule has 5 heteroatoms. The van der Waals surface area contributed by atoms with E-state index in [0.717, 1.165) is 17.1 Å². The first-order valence-corrected chi connectivity index (χ1v) is 5.96. The Morgan fingerprint density at radius 3 is 2.58 bits per heavy atom. The summed E-state index contributed by atoms with van der Waals surface area (Å²) in [5.41, 5.74) is 8.90. The molecule has 5 nitrogen and oxygen atoms in total. The van der Waals surface area contributed by atoms with Crippen LogP contribution < -0.4 is 15.5 Å². The van der Waals surface area contributed by atoms with E-state index >= 15 is 0 Å². The van der Waals surface area contributed by atoms with Crippen molar-refractivity contribution in [2.24, 2.45) is 0 Å². The molecule has 0 radical (unpaired) electrons. The van der Waals surface area contributed by atoms with E-state index < -0.39 is 0 Å². The lowest BCUT2D eigenvalue weighted by atomic mass is 10.1. The molecule has 0 aliphatic carbocycles. The second-order valence-electron chi connectivity index (χ2n) is 4.54. The average molecular weight is 254 g/mol. The first-order valence-electron chi connectivity index (χ1n) is 5.96. The van der Waals surface area contributed by atoms with Crippen LogP contribution in [0.3, 0.4) is 0 Å². The molecule has 0 atom stereocenters. The van der Waals surface area contributed by atoms with Crippen molar-refractivity contribution in [2.45, 2.75) is 0 Å². The molecule has 1 amide bonds. The number of carbonyl (C=O) groups excluding carboxylic acids is 1. The zero-order chi connectivity index (χ0) is 13.6. The number of nitrogen functional groups attached to an aromatic ring is 1. The third kappa shape index (κ3) is 1.62. The van der Waals surface area contributed by atoms with Crippen LogP contribution in [0.15, 0.2) is 36.5 Å². The largest absolute Gasteiger partial charge is 0.384 e. The van der Waals surface area contributed by atoms with Gasteiger partial charge in [-0.05, 0) is 12.1 Å². The molecule has 0 saturated carbocycles. The van der Waals surface area contributed by atoms with Crippen molar-refractivity contribution in [3.05, 3.63) is 42.1 Å². The summed E-state index contributed by atoms with van der Waals surface area (Å²) >= 11 is 0. The Morgan fingerprint density at radius 2 is 1.79 bits per heavy atom. The number of nitrogens with two attached hydrogens (primary N) is 1. The van der Waals surface area contributed by atoms with Gasteiger partial charge in [0.2, 0.25) is 0 Å². The fraction of sp³-hybridized carbons (Fsp3) is 0.143. The standard InChI is InChI=1S/C14H14N4O/c1-17-10-6-4-3-5-9(10)14(19)18(2)12-8-16-13(15)7-11(12)17/h3-8H,1-2H3,(H2,15,16). The second kappa shape index (κ2) is 3.98. The van der Waals surface area contributed by atoms with Crippen molar-refractivity contribution in [1.82, 2.24) is 4.98 Å². The van der Waals surface area contributed by atoms with E-state index in [-0.39, 0.29) is 5.91 Å². The van der Waals surface area contributed by atoms with Gasteiger partial charge in [-0.25, -0.2) is 4.98 Å². The zero-order valence-electron chi connectivity index (χ0n) is 10.8. The summed E-state index contributed by atoms with van der Waals surface area (Å²) < 4.78 is 0. The van der Waals surface area contributed by atoms with Gasteiger partial charge in [-0.2, -0.15) is 0 Å². The number of carbonyl (C=O) groups is 1. The number of hydrogen-bond acceptors (Lipinski definition) is 4. The molecule has 3 rings (SSSR count). The molecule has 2 N–H and O–H groups in total. The number of para-hydroxylation sites is 1. The van der Waals surface area contributed by atoms with E-state index in [1.807, 2.05) is 36.2 Å². The van der Waals surface area contributed by atoms with Crippen molar-refractivity contribution in [3.8, 4) is 0 Å². The van der Waals surface area contributed by atoms with Crippen LogP contribution in [0.1, 0.15) is 10.4 Å². The summed E-state index contributed by atoms with van der Waals surface area (Å²) in [6, 6.07) is 9.31. The number of hydrogen-bond donors (Lipinski definition) is 1. The Labute approximate surface area is 111 Å². The number of aromatic nitrogens is 1. The highest BCUT2D eigenvalue weighted by Gasteiger charge is 2.27. The molecule has 19 heavy (non-hydrogen) atoms. The van der Waals surface area contributed by atoms with Crippen LogP contribution in [0, 0.1) is 0 Å². The van der Waals surface area contributed by atoms with Gasteiger partial charge in [0.25, 0.3) is 5.91 Å². The van der Waals surface area contributed by atoms with E-state index in [4.69, 9.17) is 5.73 Å².